The van der Waals surface area contributed by atoms with Gasteiger partial charge in [-0.15, -0.1) is 0 Å². The standard InChI is InChI=1S/C39H29N/c1-39(2)34-12-6-7-14-37(34)40-36-24-23-31(25-33(36)32-11-8-13-35(39)38(32)40)30-21-19-29(20-22-30)28-17-15-27(16-18-28)26-9-4-3-5-10-26/h3-25H,1-2H3. The van der Waals surface area contributed by atoms with Gasteiger partial charge in [-0.3, -0.25) is 0 Å². The fraction of sp³-hybridized carbons (Fsp3) is 0.0769. The number of para-hydroxylation sites is 2. The van der Waals surface area contributed by atoms with Crippen LogP contribution >= 0.6 is 0 Å². The van der Waals surface area contributed by atoms with Crippen molar-refractivity contribution in [2.24, 2.45) is 0 Å². The summed E-state index contributed by atoms with van der Waals surface area (Å²) in [6.45, 7) is 4.70. The number of rotatable bonds is 3. The van der Waals surface area contributed by atoms with E-state index in [-0.39, 0.29) is 5.41 Å². The maximum atomic E-state index is 2.48. The van der Waals surface area contributed by atoms with Crippen LogP contribution in [0.15, 0.2) is 140 Å². The van der Waals surface area contributed by atoms with Crippen molar-refractivity contribution in [3.05, 3.63) is 151 Å². The Bertz CT molecular complexity index is 2040. The van der Waals surface area contributed by atoms with E-state index in [2.05, 4.69) is 158 Å². The molecule has 7 aromatic rings. The van der Waals surface area contributed by atoms with Crippen molar-refractivity contribution in [3.8, 4) is 39.1 Å². The lowest BCUT2D eigenvalue weighted by atomic mass is 9.75. The molecule has 40 heavy (non-hydrogen) atoms. The monoisotopic (exact) mass is 511 g/mol. The minimum absolute atomic E-state index is 0.0432. The number of aromatic nitrogens is 1. The maximum Gasteiger partial charge on any atom is 0.0582 e. The number of benzene rings is 6. The molecular weight excluding hydrogens is 482 g/mol. The normalized spacial score (nSPS) is 13.4. The van der Waals surface area contributed by atoms with E-state index in [9.17, 15) is 0 Å². The lowest BCUT2D eigenvalue weighted by Gasteiger charge is -2.34. The Balaban J connectivity index is 1.20. The van der Waals surface area contributed by atoms with Crippen molar-refractivity contribution in [1.29, 1.82) is 0 Å². The van der Waals surface area contributed by atoms with Crippen LogP contribution in [0, 0.1) is 0 Å². The van der Waals surface area contributed by atoms with Crippen LogP contribution < -0.4 is 0 Å². The molecule has 0 bridgehead atoms. The number of hydrogen-bond acceptors (Lipinski definition) is 0. The third kappa shape index (κ3) is 3.34. The Hall–Kier alpha value is -4.88. The zero-order valence-corrected chi connectivity index (χ0v) is 22.7. The molecular formula is C39H29N. The highest BCUT2D eigenvalue weighted by molar-refractivity contribution is 6.12. The highest BCUT2D eigenvalue weighted by Gasteiger charge is 2.34. The Morgan fingerprint density at radius 1 is 0.425 bits per heavy atom. The Morgan fingerprint density at radius 3 is 1.62 bits per heavy atom. The van der Waals surface area contributed by atoms with Crippen molar-refractivity contribution < 1.29 is 0 Å². The summed E-state index contributed by atoms with van der Waals surface area (Å²) in [5.74, 6) is 0. The van der Waals surface area contributed by atoms with Crippen molar-refractivity contribution >= 4 is 21.8 Å². The van der Waals surface area contributed by atoms with E-state index in [1.807, 2.05) is 0 Å². The molecule has 0 aliphatic carbocycles. The van der Waals surface area contributed by atoms with Crippen LogP contribution in [-0.4, -0.2) is 4.57 Å². The molecule has 0 fully saturated rings. The van der Waals surface area contributed by atoms with Crippen LogP contribution in [0.1, 0.15) is 25.0 Å². The molecule has 0 amide bonds. The van der Waals surface area contributed by atoms with Crippen molar-refractivity contribution in [3.63, 3.8) is 0 Å². The molecule has 2 heterocycles. The number of hydrogen-bond donors (Lipinski definition) is 0. The van der Waals surface area contributed by atoms with E-state index in [1.54, 1.807) is 0 Å². The van der Waals surface area contributed by atoms with Crippen LogP contribution in [0.25, 0.3) is 60.9 Å². The molecule has 1 aliphatic rings. The van der Waals surface area contributed by atoms with Gasteiger partial charge in [-0.1, -0.05) is 135 Å². The van der Waals surface area contributed by atoms with Gasteiger partial charge in [0.2, 0.25) is 0 Å². The van der Waals surface area contributed by atoms with Gasteiger partial charge in [0.1, 0.15) is 0 Å². The van der Waals surface area contributed by atoms with E-state index in [0.29, 0.717) is 0 Å². The second-order valence-corrected chi connectivity index (χ2v) is 11.4. The number of nitrogens with zero attached hydrogens (tertiary/aromatic N) is 1. The highest BCUT2D eigenvalue weighted by atomic mass is 15.0. The lowest BCUT2D eigenvalue weighted by molar-refractivity contribution is 0.630. The van der Waals surface area contributed by atoms with Crippen LogP contribution in [0.3, 0.4) is 0 Å². The molecule has 0 saturated carbocycles. The minimum atomic E-state index is -0.0432. The van der Waals surface area contributed by atoms with Crippen molar-refractivity contribution in [2.45, 2.75) is 19.3 Å². The summed E-state index contributed by atoms with van der Waals surface area (Å²) in [4.78, 5) is 0. The van der Waals surface area contributed by atoms with Gasteiger partial charge in [-0.05, 0) is 62.7 Å². The van der Waals surface area contributed by atoms with Crippen molar-refractivity contribution in [1.82, 2.24) is 4.57 Å². The van der Waals surface area contributed by atoms with Crippen LogP contribution in [0.2, 0.25) is 0 Å². The summed E-state index contributed by atoms with van der Waals surface area (Å²) in [6, 6.07) is 51.0. The molecule has 0 saturated heterocycles. The molecule has 0 N–H and O–H groups in total. The Morgan fingerprint density at radius 2 is 0.950 bits per heavy atom. The second kappa shape index (κ2) is 8.56. The molecule has 0 spiro atoms. The summed E-state index contributed by atoms with van der Waals surface area (Å²) >= 11 is 0. The Kier molecular flexibility index (Phi) is 4.93. The molecule has 190 valence electrons. The quantitative estimate of drug-likeness (QED) is 0.222. The number of fused-ring (bicyclic) bond motifs is 5. The molecule has 1 nitrogen and oxygen atoms in total. The topological polar surface area (TPSA) is 4.93 Å². The van der Waals surface area contributed by atoms with Gasteiger partial charge < -0.3 is 4.57 Å². The first-order chi connectivity index (χ1) is 19.6. The summed E-state index contributed by atoms with van der Waals surface area (Å²) in [5, 5.41) is 2.63. The zero-order valence-electron chi connectivity index (χ0n) is 22.7. The third-order valence-electron chi connectivity index (χ3n) is 8.82. The van der Waals surface area contributed by atoms with Crippen LogP contribution in [-0.2, 0) is 5.41 Å². The van der Waals surface area contributed by atoms with E-state index in [0.717, 1.165) is 0 Å². The molecule has 0 radical (unpaired) electrons. The van der Waals surface area contributed by atoms with Gasteiger partial charge in [0.25, 0.3) is 0 Å². The molecule has 1 heteroatoms. The predicted molar refractivity (Wildman–Crippen MR) is 169 cm³/mol. The second-order valence-electron chi connectivity index (χ2n) is 11.4. The van der Waals surface area contributed by atoms with Gasteiger partial charge in [0.05, 0.1) is 16.7 Å². The lowest BCUT2D eigenvalue weighted by Crippen LogP contribution is -2.26. The molecule has 8 rings (SSSR count). The fourth-order valence-corrected chi connectivity index (χ4v) is 6.69. The van der Waals surface area contributed by atoms with Crippen molar-refractivity contribution in [2.75, 3.05) is 0 Å². The molecule has 0 atom stereocenters. The summed E-state index contributed by atoms with van der Waals surface area (Å²) in [5.41, 5.74) is 14.1. The van der Waals surface area contributed by atoms with E-state index < -0.39 is 0 Å². The summed E-state index contributed by atoms with van der Waals surface area (Å²) in [6.07, 6.45) is 0. The van der Waals surface area contributed by atoms with E-state index in [4.69, 9.17) is 0 Å². The third-order valence-corrected chi connectivity index (χ3v) is 8.82. The van der Waals surface area contributed by atoms with E-state index >= 15 is 0 Å². The first-order valence-electron chi connectivity index (χ1n) is 14.0. The largest absolute Gasteiger partial charge is 0.309 e. The average Bonchev–Trinajstić information content (AvgIpc) is 3.35. The van der Waals surface area contributed by atoms with Crippen LogP contribution in [0.4, 0.5) is 0 Å². The smallest absolute Gasteiger partial charge is 0.0582 e. The van der Waals surface area contributed by atoms with E-state index in [1.165, 1.54) is 72.0 Å². The van der Waals surface area contributed by atoms with Gasteiger partial charge in [0, 0.05) is 16.2 Å². The van der Waals surface area contributed by atoms with Gasteiger partial charge in [0.15, 0.2) is 0 Å². The van der Waals surface area contributed by atoms with Gasteiger partial charge >= 0.3 is 0 Å². The first-order valence-corrected chi connectivity index (χ1v) is 14.0. The first kappa shape index (κ1) is 23.0. The van der Waals surface area contributed by atoms with Gasteiger partial charge in [-0.25, -0.2) is 0 Å². The fourth-order valence-electron chi connectivity index (χ4n) is 6.69. The molecule has 6 aromatic carbocycles. The minimum Gasteiger partial charge on any atom is -0.309 e. The summed E-state index contributed by atoms with van der Waals surface area (Å²) in [7, 11) is 0. The van der Waals surface area contributed by atoms with Gasteiger partial charge in [-0.2, -0.15) is 0 Å². The highest BCUT2D eigenvalue weighted by Crippen LogP contribution is 2.47. The maximum absolute atomic E-state index is 2.48. The summed E-state index contributed by atoms with van der Waals surface area (Å²) < 4.78 is 2.48. The molecule has 1 aliphatic heterocycles. The SMILES string of the molecule is CC1(C)c2ccccc2-n2c3ccc(-c4ccc(-c5ccc(-c6ccccc6)cc5)cc4)cc3c3cccc1c32. The molecule has 1 aromatic heterocycles. The Labute approximate surface area is 235 Å². The average molecular weight is 512 g/mol. The predicted octanol–water partition coefficient (Wildman–Crippen LogP) is 10.4. The van der Waals surface area contributed by atoms with Crippen LogP contribution in [0.5, 0.6) is 0 Å². The zero-order chi connectivity index (χ0) is 26.8. The molecule has 0 unspecified atom stereocenters.